The van der Waals surface area contributed by atoms with Crippen LogP contribution < -0.4 is 0 Å². The molecule has 0 aromatic heterocycles. The lowest BCUT2D eigenvalue weighted by Gasteiger charge is -2.30. The van der Waals surface area contributed by atoms with E-state index in [2.05, 4.69) is 6.92 Å². The maximum Gasteiger partial charge on any atom is 0.264 e. The molecule has 0 aliphatic heterocycles. The summed E-state index contributed by atoms with van der Waals surface area (Å²) in [5.41, 5.74) is 0. The average molecular weight is 300 g/mol. The van der Waals surface area contributed by atoms with Gasteiger partial charge in [-0.15, -0.1) is 0 Å². The van der Waals surface area contributed by atoms with E-state index in [9.17, 15) is 8.42 Å². The lowest BCUT2D eigenvalue weighted by Crippen LogP contribution is -2.23. The number of rotatable bonds is 6. The van der Waals surface area contributed by atoms with Crippen molar-refractivity contribution >= 4 is 10.1 Å². The second-order valence-electron chi connectivity index (χ2n) is 7.60. The normalized spacial score (nSPS) is 43.1. The van der Waals surface area contributed by atoms with E-state index in [1.54, 1.807) is 0 Å². The van der Waals surface area contributed by atoms with Gasteiger partial charge in [-0.1, -0.05) is 26.2 Å². The fourth-order valence-corrected chi connectivity index (χ4v) is 6.46. The molecular formula is C16H28O3S. The van der Waals surface area contributed by atoms with Gasteiger partial charge in [0.15, 0.2) is 0 Å². The Morgan fingerprint density at radius 3 is 2.40 bits per heavy atom. The SMILES string of the molecule is CC1CC(CCCCCS(=O)(=O)O)C2C3CCC(C3)C12. The molecule has 3 aliphatic carbocycles. The molecular weight excluding hydrogens is 272 g/mol. The van der Waals surface area contributed by atoms with Crippen molar-refractivity contribution in [3.8, 4) is 0 Å². The molecule has 0 amide bonds. The van der Waals surface area contributed by atoms with Crippen LogP contribution in [-0.2, 0) is 10.1 Å². The molecule has 3 aliphatic rings. The van der Waals surface area contributed by atoms with Crippen LogP contribution in [-0.4, -0.2) is 18.7 Å². The molecule has 116 valence electrons. The maximum atomic E-state index is 10.7. The fraction of sp³-hybridized carbons (Fsp3) is 1.00. The summed E-state index contributed by atoms with van der Waals surface area (Å²) in [4.78, 5) is 0. The molecule has 3 nitrogen and oxygen atoms in total. The molecule has 6 atom stereocenters. The summed E-state index contributed by atoms with van der Waals surface area (Å²) in [6.07, 6.45) is 9.82. The van der Waals surface area contributed by atoms with E-state index in [4.69, 9.17) is 4.55 Å². The molecule has 2 bridgehead atoms. The van der Waals surface area contributed by atoms with Crippen LogP contribution in [0.5, 0.6) is 0 Å². The predicted octanol–water partition coefficient (Wildman–Crippen LogP) is 3.75. The summed E-state index contributed by atoms with van der Waals surface area (Å²) in [5.74, 6) is 5.79. The summed E-state index contributed by atoms with van der Waals surface area (Å²) < 4.78 is 30.1. The first kappa shape index (κ1) is 14.8. The maximum absolute atomic E-state index is 10.7. The standard InChI is InChI=1S/C16H28O3S/c1-11-9-12(5-3-2-4-8-20(17,18)19)16-14-7-6-13(10-14)15(11)16/h11-16H,2-10H2,1H3,(H,17,18,19). The van der Waals surface area contributed by atoms with E-state index < -0.39 is 10.1 Å². The van der Waals surface area contributed by atoms with Crippen LogP contribution in [0.15, 0.2) is 0 Å². The zero-order valence-electron chi connectivity index (χ0n) is 12.5. The quantitative estimate of drug-likeness (QED) is 0.600. The molecule has 0 aromatic rings. The van der Waals surface area contributed by atoms with Gasteiger partial charge in [0.1, 0.15) is 0 Å². The van der Waals surface area contributed by atoms with E-state index in [0.29, 0.717) is 6.42 Å². The lowest BCUT2D eigenvalue weighted by atomic mass is 9.75. The van der Waals surface area contributed by atoms with E-state index in [1.165, 1.54) is 32.1 Å². The van der Waals surface area contributed by atoms with Crippen LogP contribution in [0.2, 0.25) is 0 Å². The molecule has 0 spiro atoms. The summed E-state index contributed by atoms with van der Waals surface area (Å²) in [6, 6.07) is 0. The Kier molecular flexibility index (Phi) is 4.15. The van der Waals surface area contributed by atoms with Gasteiger partial charge in [0.2, 0.25) is 0 Å². The molecule has 0 saturated heterocycles. The third kappa shape index (κ3) is 2.92. The zero-order valence-corrected chi connectivity index (χ0v) is 13.3. The minimum Gasteiger partial charge on any atom is -0.286 e. The molecule has 4 heteroatoms. The van der Waals surface area contributed by atoms with E-state index in [-0.39, 0.29) is 5.75 Å². The Hall–Kier alpha value is -0.0900. The topological polar surface area (TPSA) is 54.4 Å². The minimum atomic E-state index is -3.75. The highest BCUT2D eigenvalue weighted by Gasteiger charge is 2.55. The Morgan fingerprint density at radius 2 is 1.70 bits per heavy atom. The summed E-state index contributed by atoms with van der Waals surface area (Å²) in [6.45, 7) is 2.46. The predicted molar refractivity (Wildman–Crippen MR) is 80.0 cm³/mol. The van der Waals surface area contributed by atoms with Gasteiger partial charge in [0.25, 0.3) is 10.1 Å². The van der Waals surface area contributed by atoms with Gasteiger partial charge in [-0.3, -0.25) is 4.55 Å². The average Bonchev–Trinajstić information content (AvgIpc) is 3.01. The van der Waals surface area contributed by atoms with E-state index in [0.717, 1.165) is 48.3 Å². The lowest BCUT2D eigenvalue weighted by molar-refractivity contribution is 0.186. The molecule has 0 radical (unpaired) electrons. The first-order valence-electron chi connectivity index (χ1n) is 8.41. The molecule has 3 rings (SSSR count). The Balaban J connectivity index is 1.45. The number of unbranched alkanes of at least 4 members (excludes halogenated alkanes) is 2. The number of hydrogen-bond acceptors (Lipinski definition) is 2. The molecule has 0 aromatic carbocycles. The summed E-state index contributed by atoms with van der Waals surface area (Å²) in [7, 11) is -3.75. The van der Waals surface area contributed by atoms with E-state index in [1.807, 2.05) is 0 Å². The van der Waals surface area contributed by atoms with Crippen LogP contribution >= 0.6 is 0 Å². The third-order valence-electron chi connectivity index (χ3n) is 6.40. The molecule has 20 heavy (non-hydrogen) atoms. The zero-order chi connectivity index (χ0) is 14.3. The smallest absolute Gasteiger partial charge is 0.264 e. The fourth-order valence-electron chi connectivity index (χ4n) is 5.89. The summed E-state index contributed by atoms with van der Waals surface area (Å²) in [5, 5.41) is 0. The number of hydrogen-bond donors (Lipinski definition) is 1. The van der Waals surface area contributed by atoms with Gasteiger partial charge in [-0.25, -0.2) is 0 Å². The largest absolute Gasteiger partial charge is 0.286 e. The van der Waals surface area contributed by atoms with Crippen LogP contribution in [0.25, 0.3) is 0 Å². The monoisotopic (exact) mass is 300 g/mol. The highest BCUT2D eigenvalue weighted by Crippen LogP contribution is 2.63. The van der Waals surface area contributed by atoms with Crippen molar-refractivity contribution in [2.45, 2.75) is 58.3 Å². The first-order chi connectivity index (χ1) is 9.46. The molecule has 3 saturated carbocycles. The highest BCUT2D eigenvalue weighted by molar-refractivity contribution is 7.85. The van der Waals surface area contributed by atoms with Gasteiger partial charge in [-0.2, -0.15) is 8.42 Å². The van der Waals surface area contributed by atoms with Gasteiger partial charge in [-0.05, 0) is 67.6 Å². The molecule has 3 fully saturated rings. The van der Waals surface area contributed by atoms with Crippen LogP contribution in [0.3, 0.4) is 0 Å². The Bertz CT molecular complexity index is 445. The third-order valence-corrected chi connectivity index (χ3v) is 7.20. The van der Waals surface area contributed by atoms with Crippen molar-refractivity contribution in [2.75, 3.05) is 5.75 Å². The molecule has 0 heterocycles. The highest BCUT2D eigenvalue weighted by atomic mass is 32.2. The minimum absolute atomic E-state index is 0.0647. The summed E-state index contributed by atoms with van der Waals surface area (Å²) >= 11 is 0. The van der Waals surface area contributed by atoms with Crippen molar-refractivity contribution < 1.29 is 13.0 Å². The molecule has 1 N–H and O–H groups in total. The van der Waals surface area contributed by atoms with Gasteiger partial charge in [0.05, 0.1) is 5.75 Å². The van der Waals surface area contributed by atoms with Crippen molar-refractivity contribution in [2.24, 2.45) is 35.5 Å². The van der Waals surface area contributed by atoms with Gasteiger partial charge in [0, 0.05) is 0 Å². The van der Waals surface area contributed by atoms with Crippen LogP contribution in [0, 0.1) is 35.5 Å². The second-order valence-corrected chi connectivity index (χ2v) is 9.17. The Morgan fingerprint density at radius 1 is 1.00 bits per heavy atom. The number of fused-ring (bicyclic) bond motifs is 5. The van der Waals surface area contributed by atoms with Crippen LogP contribution in [0.1, 0.15) is 58.3 Å². The second kappa shape index (κ2) is 5.60. The van der Waals surface area contributed by atoms with Crippen molar-refractivity contribution in [1.29, 1.82) is 0 Å². The van der Waals surface area contributed by atoms with Crippen LogP contribution in [0.4, 0.5) is 0 Å². The van der Waals surface area contributed by atoms with Crippen molar-refractivity contribution in [3.63, 3.8) is 0 Å². The molecule has 6 unspecified atom stereocenters. The van der Waals surface area contributed by atoms with Crippen molar-refractivity contribution in [1.82, 2.24) is 0 Å². The van der Waals surface area contributed by atoms with Crippen molar-refractivity contribution in [3.05, 3.63) is 0 Å². The van der Waals surface area contributed by atoms with E-state index >= 15 is 0 Å². The Labute approximate surface area is 123 Å². The van der Waals surface area contributed by atoms with Gasteiger partial charge < -0.3 is 0 Å². The van der Waals surface area contributed by atoms with Gasteiger partial charge >= 0.3 is 0 Å². The first-order valence-corrected chi connectivity index (χ1v) is 10.0.